The zero-order chi connectivity index (χ0) is 11.6. The van der Waals surface area contributed by atoms with E-state index < -0.39 is 18.3 Å². The molecule has 1 aromatic rings. The first-order chi connectivity index (χ1) is 6.83. The van der Waals surface area contributed by atoms with Crippen LogP contribution in [0.25, 0.3) is 0 Å². The van der Waals surface area contributed by atoms with Gasteiger partial charge in [-0.1, -0.05) is 29.3 Å². The van der Waals surface area contributed by atoms with Crippen molar-refractivity contribution in [3.63, 3.8) is 0 Å². The zero-order valence-electron chi connectivity index (χ0n) is 7.44. The fourth-order valence-electron chi connectivity index (χ4n) is 0.991. The highest BCUT2D eigenvalue weighted by molar-refractivity contribution is 6.35. The van der Waals surface area contributed by atoms with Crippen molar-refractivity contribution < 1.29 is 13.6 Å². The first kappa shape index (κ1) is 12.2. The minimum atomic E-state index is -3.60. The minimum absolute atomic E-state index is 0.0865. The van der Waals surface area contributed by atoms with Crippen LogP contribution in [0.2, 0.25) is 10.0 Å². The van der Waals surface area contributed by atoms with Crippen LogP contribution in [-0.4, -0.2) is 11.8 Å². The van der Waals surface area contributed by atoms with E-state index >= 15 is 0 Å². The van der Waals surface area contributed by atoms with Gasteiger partial charge in [0.15, 0.2) is 0 Å². The first-order valence-electron chi connectivity index (χ1n) is 3.94. The molecule has 0 saturated carbocycles. The molecule has 0 spiro atoms. The Morgan fingerprint density at radius 2 is 2.00 bits per heavy atom. The summed E-state index contributed by atoms with van der Waals surface area (Å²) in [5, 5.41) is 0.426. The average Bonchev–Trinajstić information content (AvgIpc) is 2.09. The summed E-state index contributed by atoms with van der Waals surface area (Å²) in [6, 6.07) is 4.08. The second kappa shape index (κ2) is 4.33. The Morgan fingerprint density at radius 3 is 2.47 bits per heavy atom. The molecule has 1 rings (SSSR count). The van der Waals surface area contributed by atoms with Gasteiger partial charge in [-0.15, -0.1) is 0 Å². The van der Waals surface area contributed by atoms with E-state index in [-0.39, 0.29) is 10.6 Å². The Balaban J connectivity index is 2.95. The number of benzene rings is 1. The summed E-state index contributed by atoms with van der Waals surface area (Å²) in [6.07, 6.45) is -0.821. The van der Waals surface area contributed by atoms with Crippen molar-refractivity contribution in [3.05, 3.63) is 33.8 Å². The summed E-state index contributed by atoms with van der Waals surface area (Å²) < 4.78 is 25.9. The Labute approximate surface area is 95.0 Å². The molecule has 0 bridgehead atoms. The number of hydrogen-bond acceptors (Lipinski definition) is 1. The summed E-state index contributed by atoms with van der Waals surface area (Å²) in [6.45, 7) is 0. The number of alkyl halides is 2. The lowest BCUT2D eigenvalue weighted by atomic mass is 10.1. The van der Waals surface area contributed by atoms with Crippen LogP contribution in [-0.2, 0) is 11.2 Å². The number of carbonyl (C=O) groups is 1. The Bertz CT molecular complexity index is 396. The van der Waals surface area contributed by atoms with E-state index in [0.717, 1.165) is 0 Å². The molecule has 82 valence electrons. The van der Waals surface area contributed by atoms with Gasteiger partial charge in [-0.3, -0.25) is 4.79 Å². The molecule has 0 radical (unpaired) electrons. The van der Waals surface area contributed by atoms with E-state index in [0.29, 0.717) is 5.02 Å². The van der Waals surface area contributed by atoms with Gasteiger partial charge in [0.1, 0.15) is 0 Å². The van der Waals surface area contributed by atoms with Crippen molar-refractivity contribution in [1.82, 2.24) is 0 Å². The molecule has 0 heterocycles. The summed E-state index contributed by atoms with van der Waals surface area (Å²) in [5.41, 5.74) is 4.67. The lowest BCUT2D eigenvalue weighted by Crippen LogP contribution is -2.37. The molecule has 2 nitrogen and oxygen atoms in total. The summed E-state index contributed by atoms with van der Waals surface area (Å²) in [7, 11) is 0. The van der Waals surface area contributed by atoms with E-state index in [4.69, 9.17) is 23.2 Å². The van der Waals surface area contributed by atoms with Crippen molar-refractivity contribution in [2.45, 2.75) is 12.3 Å². The molecule has 2 N–H and O–H groups in total. The average molecular weight is 254 g/mol. The van der Waals surface area contributed by atoms with Gasteiger partial charge in [0, 0.05) is 16.5 Å². The van der Waals surface area contributed by atoms with Gasteiger partial charge < -0.3 is 5.73 Å². The SMILES string of the molecule is NC(=O)C(F)(F)Cc1ccc(Cl)cc1Cl. The van der Waals surface area contributed by atoms with Crippen molar-refractivity contribution >= 4 is 29.1 Å². The highest BCUT2D eigenvalue weighted by atomic mass is 35.5. The number of hydrogen-bond donors (Lipinski definition) is 1. The Morgan fingerprint density at radius 1 is 1.40 bits per heavy atom. The molecule has 0 atom stereocenters. The molecule has 0 aliphatic heterocycles. The number of amides is 1. The van der Waals surface area contributed by atoms with E-state index in [1.165, 1.54) is 18.2 Å². The van der Waals surface area contributed by atoms with Gasteiger partial charge >= 0.3 is 5.92 Å². The molecule has 0 aromatic heterocycles. The van der Waals surface area contributed by atoms with Crippen molar-refractivity contribution in [2.75, 3.05) is 0 Å². The molecule has 0 saturated heterocycles. The molecule has 0 aliphatic rings. The molecule has 1 aromatic carbocycles. The topological polar surface area (TPSA) is 43.1 Å². The molecule has 1 amide bonds. The second-order valence-corrected chi connectivity index (χ2v) is 3.82. The highest BCUT2D eigenvalue weighted by Gasteiger charge is 2.37. The highest BCUT2D eigenvalue weighted by Crippen LogP contribution is 2.27. The van der Waals surface area contributed by atoms with Crippen LogP contribution in [0.3, 0.4) is 0 Å². The van der Waals surface area contributed by atoms with Crippen molar-refractivity contribution in [1.29, 1.82) is 0 Å². The maximum absolute atomic E-state index is 12.9. The fourth-order valence-corrected chi connectivity index (χ4v) is 1.47. The molecular formula is C9H7Cl2F2NO. The smallest absolute Gasteiger partial charge is 0.328 e. The van der Waals surface area contributed by atoms with Crippen LogP contribution >= 0.6 is 23.2 Å². The molecule has 0 aliphatic carbocycles. The molecule has 0 fully saturated rings. The number of carbonyl (C=O) groups excluding carboxylic acids is 1. The van der Waals surface area contributed by atoms with Crippen LogP contribution in [0.1, 0.15) is 5.56 Å². The van der Waals surface area contributed by atoms with E-state index in [1.807, 2.05) is 0 Å². The van der Waals surface area contributed by atoms with Gasteiger partial charge in [0.05, 0.1) is 0 Å². The first-order valence-corrected chi connectivity index (χ1v) is 4.70. The summed E-state index contributed by atoms with van der Waals surface area (Å²) in [4.78, 5) is 10.4. The predicted octanol–water partition coefficient (Wildman–Crippen LogP) is 2.66. The van der Waals surface area contributed by atoms with Crippen LogP contribution in [0.4, 0.5) is 8.78 Å². The third kappa shape index (κ3) is 3.04. The van der Waals surface area contributed by atoms with Crippen LogP contribution in [0, 0.1) is 0 Å². The largest absolute Gasteiger partial charge is 0.364 e. The third-order valence-electron chi connectivity index (χ3n) is 1.79. The lowest BCUT2D eigenvalue weighted by Gasteiger charge is -2.13. The van der Waals surface area contributed by atoms with E-state index in [1.54, 1.807) is 0 Å². The lowest BCUT2D eigenvalue weighted by molar-refractivity contribution is -0.141. The quantitative estimate of drug-likeness (QED) is 0.885. The Kier molecular flexibility index (Phi) is 3.52. The van der Waals surface area contributed by atoms with Gasteiger partial charge in [-0.25, -0.2) is 0 Å². The van der Waals surface area contributed by atoms with Crippen LogP contribution < -0.4 is 5.73 Å². The maximum Gasteiger partial charge on any atom is 0.328 e. The number of primary amides is 1. The van der Waals surface area contributed by atoms with Gasteiger partial charge in [-0.05, 0) is 17.7 Å². The minimum Gasteiger partial charge on any atom is -0.364 e. The van der Waals surface area contributed by atoms with E-state index in [9.17, 15) is 13.6 Å². The maximum atomic E-state index is 12.9. The zero-order valence-corrected chi connectivity index (χ0v) is 8.95. The number of nitrogens with two attached hydrogens (primary N) is 1. The molecule has 0 unspecified atom stereocenters. The molecule has 6 heteroatoms. The monoisotopic (exact) mass is 253 g/mol. The number of rotatable bonds is 3. The van der Waals surface area contributed by atoms with Gasteiger partial charge in [-0.2, -0.15) is 8.78 Å². The number of halogens is 4. The van der Waals surface area contributed by atoms with Crippen molar-refractivity contribution in [3.8, 4) is 0 Å². The van der Waals surface area contributed by atoms with Crippen LogP contribution in [0.15, 0.2) is 18.2 Å². The normalized spacial score (nSPS) is 11.5. The third-order valence-corrected chi connectivity index (χ3v) is 2.38. The standard InChI is InChI=1S/C9H7Cl2F2NO/c10-6-2-1-5(7(11)3-6)4-9(12,13)8(14)15/h1-3H,4H2,(H2,14,15). The second-order valence-electron chi connectivity index (χ2n) is 2.98. The van der Waals surface area contributed by atoms with Gasteiger partial charge in [0.2, 0.25) is 0 Å². The summed E-state index contributed by atoms with van der Waals surface area (Å²) in [5.74, 6) is -5.27. The predicted molar refractivity (Wildman–Crippen MR) is 54.3 cm³/mol. The van der Waals surface area contributed by atoms with Crippen molar-refractivity contribution in [2.24, 2.45) is 5.73 Å². The summed E-state index contributed by atoms with van der Waals surface area (Å²) >= 11 is 11.3. The fraction of sp³-hybridized carbons (Fsp3) is 0.222. The Hall–Kier alpha value is -0.870. The van der Waals surface area contributed by atoms with E-state index in [2.05, 4.69) is 5.73 Å². The van der Waals surface area contributed by atoms with Crippen LogP contribution in [0.5, 0.6) is 0 Å². The molecular weight excluding hydrogens is 247 g/mol. The molecule has 15 heavy (non-hydrogen) atoms. The van der Waals surface area contributed by atoms with Gasteiger partial charge in [0.25, 0.3) is 5.91 Å².